The van der Waals surface area contributed by atoms with Crippen LogP contribution in [-0.4, -0.2) is 9.55 Å². The first-order chi connectivity index (χ1) is 9.50. The zero-order valence-electron chi connectivity index (χ0n) is 11.6. The van der Waals surface area contributed by atoms with Crippen LogP contribution in [-0.2, 0) is 11.6 Å². The van der Waals surface area contributed by atoms with Crippen LogP contribution in [0, 0.1) is 0 Å². The predicted molar refractivity (Wildman–Crippen MR) is 77.3 cm³/mol. The van der Waals surface area contributed by atoms with Crippen molar-refractivity contribution in [3.63, 3.8) is 0 Å². The maximum atomic E-state index is 12.7. The van der Waals surface area contributed by atoms with Crippen LogP contribution in [0.15, 0.2) is 24.7 Å². The molecule has 1 aromatic carbocycles. The number of hydrogen-bond acceptors (Lipinski definition) is 1. The van der Waals surface area contributed by atoms with Crippen molar-refractivity contribution in [1.82, 2.24) is 9.55 Å². The molecule has 0 spiro atoms. The van der Waals surface area contributed by atoms with E-state index in [9.17, 15) is 13.2 Å². The van der Waals surface area contributed by atoms with Crippen molar-refractivity contribution in [2.75, 3.05) is 0 Å². The van der Waals surface area contributed by atoms with Crippen molar-refractivity contribution in [3.8, 4) is 5.69 Å². The Kier molecular flexibility index (Phi) is 4.02. The molecular weight excluding hydrogens is 324 g/mol. The molecule has 1 aromatic heterocycles. The Balaban J connectivity index is 2.53. The van der Waals surface area contributed by atoms with Gasteiger partial charge in [-0.3, -0.25) is 0 Å². The number of nitrogens with zero attached hydrogens (tertiary/aromatic N) is 2. The van der Waals surface area contributed by atoms with E-state index in [0.717, 1.165) is 17.8 Å². The van der Waals surface area contributed by atoms with E-state index in [1.54, 1.807) is 6.20 Å². The molecular formula is C14H13Cl2F3N2. The van der Waals surface area contributed by atoms with Gasteiger partial charge in [-0.15, -0.1) is 0 Å². The van der Waals surface area contributed by atoms with Crippen LogP contribution in [0.4, 0.5) is 13.2 Å². The Morgan fingerprint density at radius 2 is 1.57 bits per heavy atom. The monoisotopic (exact) mass is 336 g/mol. The SMILES string of the molecule is CC(C)(C)c1cn(-c2c(Cl)cc(C(F)(F)F)cc2Cl)cn1. The summed E-state index contributed by atoms with van der Waals surface area (Å²) in [5.74, 6) is 0. The van der Waals surface area contributed by atoms with E-state index in [1.807, 2.05) is 20.8 Å². The van der Waals surface area contributed by atoms with Crippen molar-refractivity contribution >= 4 is 23.2 Å². The standard InChI is InChI=1S/C14H13Cl2F3N2/c1-13(2,3)11-6-21(7-20-11)12-9(15)4-8(5-10(12)16)14(17,18)19/h4-7H,1-3H3. The van der Waals surface area contributed by atoms with E-state index in [4.69, 9.17) is 23.2 Å². The summed E-state index contributed by atoms with van der Waals surface area (Å²) in [6.45, 7) is 5.95. The molecule has 0 aliphatic carbocycles. The van der Waals surface area contributed by atoms with Crippen LogP contribution < -0.4 is 0 Å². The number of halogens is 5. The third-order valence-corrected chi connectivity index (χ3v) is 3.53. The Morgan fingerprint density at radius 1 is 1.05 bits per heavy atom. The molecule has 0 radical (unpaired) electrons. The molecule has 0 aliphatic heterocycles. The van der Waals surface area contributed by atoms with Gasteiger partial charge in [-0.05, 0) is 12.1 Å². The molecule has 1 heterocycles. The molecule has 21 heavy (non-hydrogen) atoms. The van der Waals surface area contributed by atoms with Gasteiger partial charge in [0.2, 0.25) is 0 Å². The lowest BCUT2D eigenvalue weighted by atomic mass is 9.93. The average molecular weight is 337 g/mol. The maximum Gasteiger partial charge on any atom is 0.416 e. The minimum atomic E-state index is -4.49. The molecule has 2 rings (SSSR count). The predicted octanol–water partition coefficient (Wildman–Crippen LogP) is 5.50. The van der Waals surface area contributed by atoms with Gasteiger partial charge in [-0.2, -0.15) is 13.2 Å². The second-order valence-corrected chi connectivity index (χ2v) is 6.52. The van der Waals surface area contributed by atoms with Crippen molar-refractivity contribution in [3.05, 3.63) is 46.0 Å². The fourth-order valence-corrected chi connectivity index (χ4v) is 2.49. The van der Waals surface area contributed by atoms with E-state index in [-0.39, 0.29) is 21.1 Å². The first-order valence-corrected chi connectivity index (χ1v) is 6.87. The van der Waals surface area contributed by atoms with Gasteiger partial charge in [-0.25, -0.2) is 4.98 Å². The summed E-state index contributed by atoms with van der Waals surface area (Å²) in [4.78, 5) is 4.24. The van der Waals surface area contributed by atoms with E-state index in [1.165, 1.54) is 10.9 Å². The first kappa shape index (κ1) is 16.2. The topological polar surface area (TPSA) is 17.8 Å². The normalized spacial score (nSPS) is 12.8. The highest BCUT2D eigenvalue weighted by atomic mass is 35.5. The summed E-state index contributed by atoms with van der Waals surface area (Å²) in [6.07, 6.45) is -1.29. The van der Waals surface area contributed by atoms with Crippen molar-refractivity contribution in [1.29, 1.82) is 0 Å². The van der Waals surface area contributed by atoms with Crippen LogP contribution >= 0.6 is 23.2 Å². The molecule has 0 N–H and O–H groups in total. The summed E-state index contributed by atoms with van der Waals surface area (Å²) in [5.41, 5.74) is 0.0112. The van der Waals surface area contributed by atoms with Crippen LogP contribution in [0.1, 0.15) is 32.0 Å². The van der Waals surface area contributed by atoms with Crippen molar-refractivity contribution in [2.24, 2.45) is 0 Å². The highest BCUT2D eigenvalue weighted by Gasteiger charge is 2.32. The lowest BCUT2D eigenvalue weighted by molar-refractivity contribution is -0.137. The third-order valence-electron chi connectivity index (χ3n) is 2.95. The number of benzene rings is 1. The Morgan fingerprint density at radius 3 is 1.95 bits per heavy atom. The Labute approximate surface area is 130 Å². The minimum Gasteiger partial charge on any atom is -0.303 e. The molecule has 7 heteroatoms. The quantitative estimate of drug-likeness (QED) is 0.672. The number of rotatable bonds is 1. The van der Waals surface area contributed by atoms with E-state index < -0.39 is 11.7 Å². The van der Waals surface area contributed by atoms with E-state index >= 15 is 0 Å². The van der Waals surface area contributed by atoms with Gasteiger partial charge >= 0.3 is 6.18 Å². The fourth-order valence-electron chi connectivity index (χ4n) is 1.81. The molecule has 2 aromatic rings. The Bertz CT molecular complexity index is 647. The summed E-state index contributed by atoms with van der Waals surface area (Å²) < 4.78 is 39.7. The van der Waals surface area contributed by atoms with Gasteiger partial charge in [0.05, 0.1) is 33.3 Å². The van der Waals surface area contributed by atoms with Gasteiger partial charge in [-0.1, -0.05) is 44.0 Å². The van der Waals surface area contributed by atoms with E-state index in [2.05, 4.69) is 4.98 Å². The summed E-state index contributed by atoms with van der Waals surface area (Å²) in [5, 5.41) is -0.152. The second-order valence-electron chi connectivity index (χ2n) is 5.70. The molecule has 114 valence electrons. The molecule has 0 saturated carbocycles. The summed E-state index contributed by atoms with van der Waals surface area (Å²) >= 11 is 11.9. The molecule has 0 saturated heterocycles. The molecule has 0 amide bonds. The van der Waals surface area contributed by atoms with Gasteiger partial charge < -0.3 is 4.57 Å². The number of alkyl halides is 3. The second kappa shape index (κ2) is 5.21. The van der Waals surface area contributed by atoms with Crippen LogP contribution in [0.5, 0.6) is 0 Å². The zero-order chi connectivity index (χ0) is 16.0. The number of aromatic nitrogens is 2. The third kappa shape index (κ3) is 3.35. The van der Waals surface area contributed by atoms with Gasteiger partial charge in [0.15, 0.2) is 0 Å². The largest absolute Gasteiger partial charge is 0.416 e. The molecule has 0 unspecified atom stereocenters. The molecule has 0 aliphatic rings. The first-order valence-electron chi connectivity index (χ1n) is 6.11. The maximum absolute atomic E-state index is 12.7. The summed E-state index contributed by atoms with van der Waals surface area (Å²) in [6, 6.07) is 1.72. The van der Waals surface area contributed by atoms with Crippen molar-refractivity contribution < 1.29 is 13.2 Å². The van der Waals surface area contributed by atoms with Crippen LogP contribution in [0.2, 0.25) is 10.0 Å². The van der Waals surface area contributed by atoms with Crippen LogP contribution in [0.3, 0.4) is 0 Å². The number of hydrogen-bond donors (Lipinski definition) is 0. The zero-order valence-corrected chi connectivity index (χ0v) is 13.1. The smallest absolute Gasteiger partial charge is 0.303 e. The molecule has 0 fully saturated rings. The van der Waals surface area contributed by atoms with Crippen molar-refractivity contribution in [2.45, 2.75) is 32.4 Å². The Hall–Kier alpha value is -1.20. The molecule has 2 nitrogen and oxygen atoms in total. The minimum absolute atomic E-state index is 0.0762. The van der Waals surface area contributed by atoms with E-state index in [0.29, 0.717) is 0 Å². The fraction of sp³-hybridized carbons (Fsp3) is 0.357. The average Bonchev–Trinajstić information content (AvgIpc) is 2.75. The summed E-state index contributed by atoms with van der Waals surface area (Å²) in [7, 11) is 0. The highest BCUT2D eigenvalue weighted by Crippen LogP contribution is 2.37. The van der Waals surface area contributed by atoms with Gasteiger partial charge in [0.25, 0.3) is 0 Å². The molecule has 0 atom stereocenters. The van der Waals surface area contributed by atoms with Gasteiger partial charge in [0.1, 0.15) is 0 Å². The lowest BCUT2D eigenvalue weighted by Crippen LogP contribution is -2.11. The molecule has 0 bridgehead atoms. The van der Waals surface area contributed by atoms with Crippen LogP contribution in [0.25, 0.3) is 5.69 Å². The number of imidazole rings is 1. The lowest BCUT2D eigenvalue weighted by Gasteiger charge is -2.15. The highest BCUT2D eigenvalue weighted by molar-refractivity contribution is 6.37. The van der Waals surface area contributed by atoms with Gasteiger partial charge in [0, 0.05) is 11.6 Å².